The number of nitrogens with zero attached hydrogens (tertiary/aromatic N) is 1. The van der Waals surface area contributed by atoms with Gasteiger partial charge in [0, 0.05) is 16.8 Å². The van der Waals surface area contributed by atoms with Gasteiger partial charge in [0.05, 0.1) is 11.0 Å². The summed E-state index contributed by atoms with van der Waals surface area (Å²) in [6, 6.07) is 33.2. The van der Waals surface area contributed by atoms with Crippen LogP contribution in [0.1, 0.15) is 10.4 Å². The van der Waals surface area contributed by atoms with Gasteiger partial charge >= 0.3 is 0 Å². The summed E-state index contributed by atoms with van der Waals surface area (Å²) < 4.78 is 0. The molecule has 1 heterocycles. The second kappa shape index (κ2) is 7.68. The van der Waals surface area contributed by atoms with E-state index >= 15 is 0 Å². The fourth-order valence-electron chi connectivity index (χ4n) is 3.58. The van der Waals surface area contributed by atoms with Crippen LogP contribution in [0.2, 0.25) is 0 Å². The molecule has 0 aliphatic heterocycles. The molecule has 0 radical (unpaired) electrons. The zero-order valence-electron chi connectivity index (χ0n) is 16.2. The Bertz CT molecular complexity index is 1310. The number of benzene rings is 4. The lowest BCUT2D eigenvalue weighted by Crippen LogP contribution is -2.13. The molecule has 0 aliphatic carbocycles. The van der Waals surface area contributed by atoms with Gasteiger partial charge in [0.1, 0.15) is 5.82 Å². The van der Waals surface area contributed by atoms with Gasteiger partial charge in [-0.15, -0.1) is 0 Å². The number of para-hydroxylation sites is 2. The van der Waals surface area contributed by atoms with Crippen LogP contribution in [0, 0.1) is 0 Å². The number of carbonyl (C=O) groups is 1. The van der Waals surface area contributed by atoms with Gasteiger partial charge in [-0.25, -0.2) is 4.98 Å². The maximum absolute atomic E-state index is 13.1. The summed E-state index contributed by atoms with van der Waals surface area (Å²) in [6.45, 7) is 0. The molecule has 4 aromatic carbocycles. The van der Waals surface area contributed by atoms with Crippen molar-refractivity contribution in [2.45, 2.75) is 0 Å². The molecular formula is C26H19N3O. The Morgan fingerprint density at radius 1 is 0.733 bits per heavy atom. The van der Waals surface area contributed by atoms with Crippen molar-refractivity contribution in [3.05, 3.63) is 109 Å². The zero-order valence-corrected chi connectivity index (χ0v) is 16.2. The number of aromatic amines is 1. The first-order valence-electron chi connectivity index (χ1n) is 9.79. The molecule has 0 atom stereocenters. The van der Waals surface area contributed by atoms with E-state index in [1.807, 2.05) is 103 Å². The number of H-pyrrole nitrogens is 1. The Labute approximate surface area is 174 Å². The minimum absolute atomic E-state index is 0.142. The molecule has 5 rings (SSSR count). The molecule has 0 spiro atoms. The first-order valence-corrected chi connectivity index (χ1v) is 9.79. The van der Waals surface area contributed by atoms with Crippen LogP contribution in [0.3, 0.4) is 0 Å². The van der Waals surface area contributed by atoms with Crippen molar-refractivity contribution in [1.82, 2.24) is 9.97 Å². The van der Waals surface area contributed by atoms with Crippen LogP contribution in [0.5, 0.6) is 0 Å². The third-order valence-corrected chi connectivity index (χ3v) is 5.04. The molecule has 0 bridgehead atoms. The predicted octanol–water partition coefficient (Wildman–Crippen LogP) is 6.15. The quantitative estimate of drug-likeness (QED) is 0.387. The zero-order chi connectivity index (χ0) is 20.3. The number of anilines is 1. The second-order valence-electron chi connectivity index (χ2n) is 7.05. The maximum Gasteiger partial charge on any atom is 0.256 e. The minimum atomic E-state index is -0.142. The Kier molecular flexibility index (Phi) is 4.58. The second-order valence-corrected chi connectivity index (χ2v) is 7.05. The molecule has 0 saturated heterocycles. The van der Waals surface area contributed by atoms with Crippen molar-refractivity contribution in [2.24, 2.45) is 0 Å². The van der Waals surface area contributed by atoms with Gasteiger partial charge in [-0.2, -0.15) is 0 Å². The average molecular weight is 389 g/mol. The third-order valence-electron chi connectivity index (χ3n) is 5.04. The highest BCUT2D eigenvalue weighted by Gasteiger charge is 2.13. The van der Waals surface area contributed by atoms with Gasteiger partial charge in [-0.1, -0.05) is 72.8 Å². The summed E-state index contributed by atoms with van der Waals surface area (Å²) in [5.41, 5.74) is 6.10. The van der Waals surface area contributed by atoms with E-state index in [1.54, 1.807) is 0 Å². The maximum atomic E-state index is 13.1. The molecule has 0 unspecified atom stereocenters. The number of rotatable bonds is 4. The number of fused-ring (bicyclic) bond motifs is 1. The Hall–Kier alpha value is -4.18. The lowest BCUT2D eigenvalue weighted by Gasteiger charge is -2.11. The molecule has 1 aromatic heterocycles. The van der Waals surface area contributed by atoms with Gasteiger partial charge in [0.2, 0.25) is 0 Å². The van der Waals surface area contributed by atoms with Crippen molar-refractivity contribution in [3.63, 3.8) is 0 Å². The van der Waals surface area contributed by atoms with Crippen LogP contribution in [0.25, 0.3) is 33.5 Å². The van der Waals surface area contributed by atoms with Gasteiger partial charge in [0.15, 0.2) is 0 Å². The monoisotopic (exact) mass is 389 g/mol. The largest absolute Gasteiger partial charge is 0.338 e. The SMILES string of the molecule is O=C(Nc1cccc(-c2nc3ccccc3[nH]2)c1)c1ccccc1-c1ccccc1. The Morgan fingerprint density at radius 2 is 1.47 bits per heavy atom. The third kappa shape index (κ3) is 3.47. The molecular weight excluding hydrogens is 370 g/mol. The van der Waals surface area contributed by atoms with Crippen molar-refractivity contribution in [2.75, 3.05) is 5.32 Å². The predicted molar refractivity (Wildman–Crippen MR) is 121 cm³/mol. The van der Waals surface area contributed by atoms with Crippen LogP contribution < -0.4 is 5.32 Å². The van der Waals surface area contributed by atoms with Crippen LogP contribution in [-0.4, -0.2) is 15.9 Å². The fraction of sp³-hybridized carbons (Fsp3) is 0. The molecule has 4 nitrogen and oxygen atoms in total. The van der Waals surface area contributed by atoms with E-state index in [-0.39, 0.29) is 5.91 Å². The van der Waals surface area contributed by atoms with E-state index in [4.69, 9.17) is 0 Å². The Morgan fingerprint density at radius 3 is 2.33 bits per heavy atom. The fourth-order valence-corrected chi connectivity index (χ4v) is 3.58. The van der Waals surface area contributed by atoms with Crippen LogP contribution in [0.15, 0.2) is 103 Å². The highest BCUT2D eigenvalue weighted by Crippen LogP contribution is 2.26. The van der Waals surface area contributed by atoms with Crippen LogP contribution in [-0.2, 0) is 0 Å². The summed E-state index contributed by atoms with van der Waals surface area (Å²) in [7, 11) is 0. The van der Waals surface area contributed by atoms with E-state index in [0.717, 1.165) is 39.2 Å². The van der Waals surface area contributed by atoms with Crippen LogP contribution >= 0.6 is 0 Å². The smallest absolute Gasteiger partial charge is 0.256 e. The van der Waals surface area contributed by atoms with Crippen molar-refractivity contribution in [3.8, 4) is 22.5 Å². The summed E-state index contributed by atoms with van der Waals surface area (Å²) in [5.74, 6) is 0.633. The van der Waals surface area contributed by atoms with Gasteiger partial charge in [-0.3, -0.25) is 4.79 Å². The molecule has 0 aliphatic rings. The lowest BCUT2D eigenvalue weighted by molar-refractivity contribution is 0.102. The normalized spacial score (nSPS) is 10.8. The average Bonchev–Trinajstić information content (AvgIpc) is 3.24. The number of amides is 1. The lowest BCUT2D eigenvalue weighted by atomic mass is 9.99. The Balaban J connectivity index is 1.45. The van der Waals surface area contributed by atoms with Gasteiger partial charge in [-0.05, 0) is 41.5 Å². The number of aromatic nitrogens is 2. The molecule has 0 saturated carbocycles. The topological polar surface area (TPSA) is 57.8 Å². The number of hydrogen-bond acceptors (Lipinski definition) is 2. The number of hydrogen-bond donors (Lipinski definition) is 2. The number of carbonyl (C=O) groups excluding carboxylic acids is 1. The number of nitrogens with one attached hydrogen (secondary N) is 2. The van der Waals surface area contributed by atoms with E-state index in [1.165, 1.54) is 0 Å². The van der Waals surface area contributed by atoms with Crippen molar-refractivity contribution in [1.29, 1.82) is 0 Å². The highest BCUT2D eigenvalue weighted by molar-refractivity contribution is 6.08. The van der Waals surface area contributed by atoms with E-state index in [2.05, 4.69) is 15.3 Å². The van der Waals surface area contributed by atoms with E-state index in [9.17, 15) is 4.79 Å². The van der Waals surface area contributed by atoms with Crippen molar-refractivity contribution >= 4 is 22.6 Å². The molecule has 144 valence electrons. The summed E-state index contributed by atoms with van der Waals surface area (Å²) in [4.78, 5) is 21.0. The number of imidazole rings is 1. The molecule has 5 aromatic rings. The van der Waals surface area contributed by atoms with Crippen molar-refractivity contribution < 1.29 is 4.79 Å². The van der Waals surface area contributed by atoms with Gasteiger partial charge in [0.25, 0.3) is 5.91 Å². The first-order chi connectivity index (χ1) is 14.8. The van der Waals surface area contributed by atoms with Gasteiger partial charge < -0.3 is 10.3 Å². The van der Waals surface area contributed by atoms with E-state index < -0.39 is 0 Å². The molecule has 4 heteroatoms. The first kappa shape index (κ1) is 17.9. The standard InChI is InChI=1S/C26H19N3O/c30-26(22-14-5-4-13-21(22)18-9-2-1-3-10-18)27-20-12-8-11-19(17-20)25-28-23-15-6-7-16-24(23)29-25/h1-17H,(H,27,30)(H,28,29). The summed E-state index contributed by atoms with van der Waals surface area (Å²) in [5, 5.41) is 3.03. The summed E-state index contributed by atoms with van der Waals surface area (Å²) >= 11 is 0. The molecule has 2 N–H and O–H groups in total. The highest BCUT2D eigenvalue weighted by atomic mass is 16.1. The molecule has 0 fully saturated rings. The molecule has 30 heavy (non-hydrogen) atoms. The van der Waals surface area contributed by atoms with Crippen LogP contribution in [0.4, 0.5) is 5.69 Å². The molecule has 1 amide bonds. The summed E-state index contributed by atoms with van der Waals surface area (Å²) in [6.07, 6.45) is 0. The van der Waals surface area contributed by atoms with E-state index in [0.29, 0.717) is 5.56 Å². The minimum Gasteiger partial charge on any atom is -0.338 e.